The number of carbonyl (C=O) groups is 1. The molecule has 0 unspecified atom stereocenters. The summed E-state index contributed by atoms with van der Waals surface area (Å²) in [6.45, 7) is 1.21. The van der Waals surface area contributed by atoms with Crippen LogP contribution in [-0.4, -0.2) is 42.5 Å². The molecule has 0 saturated carbocycles. The second kappa shape index (κ2) is 7.96. The van der Waals surface area contributed by atoms with Crippen LogP contribution in [0.5, 0.6) is 5.75 Å². The van der Waals surface area contributed by atoms with Crippen LogP contribution >= 0.6 is 0 Å². The lowest BCUT2D eigenvalue weighted by Gasteiger charge is -2.33. The third-order valence-corrected chi connectivity index (χ3v) is 4.47. The van der Waals surface area contributed by atoms with Crippen molar-refractivity contribution in [2.75, 3.05) is 32.1 Å². The lowest BCUT2D eigenvalue weighted by molar-refractivity contribution is -0.134. The maximum Gasteiger partial charge on any atom is 0.260 e. The summed E-state index contributed by atoms with van der Waals surface area (Å²) in [6.07, 6.45) is 3.75. The van der Waals surface area contributed by atoms with Gasteiger partial charge in [-0.05, 0) is 42.7 Å². The summed E-state index contributed by atoms with van der Waals surface area (Å²) >= 11 is 0. The molecule has 6 heteroatoms. The highest BCUT2D eigenvalue weighted by Gasteiger charge is 2.25. The Labute approximate surface area is 146 Å². The molecular formula is C19H22FN3O2. The van der Waals surface area contributed by atoms with Gasteiger partial charge in [0.05, 0.1) is 0 Å². The monoisotopic (exact) mass is 343 g/mol. The van der Waals surface area contributed by atoms with E-state index in [2.05, 4.69) is 10.3 Å². The molecule has 0 bridgehead atoms. The Kier molecular flexibility index (Phi) is 5.48. The highest BCUT2D eigenvalue weighted by molar-refractivity contribution is 5.78. The number of nitrogens with zero attached hydrogens (tertiary/aromatic N) is 2. The lowest BCUT2D eigenvalue weighted by Crippen LogP contribution is -2.41. The van der Waals surface area contributed by atoms with Crippen molar-refractivity contribution in [3.63, 3.8) is 0 Å². The summed E-state index contributed by atoms with van der Waals surface area (Å²) in [4.78, 5) is 18.5. The lowest BCUT2D eigenvalue weighted by atomic mass is 9.91. The standard InChI is InChI=1S/C19H22FN3O2/c1-21-18-11-14(8-9-22-18)15-5-4-10-23(12-15)19(24)13-25-17-7-3-2-6-16(17)20/h2-3,6-9,11,15H,4-5,10,12-13H2,1H3,(H,21,22)/t15-/m1/s1. The van der Waals surface area contributed by atoms with Crippen molar-refractivity contribution in [1.82, 2.24) is 9.88 Å². The SMILES string of the molecule is CNc1cc([C@@H]2CCCN(C(=O)COc3ccccc3F)C2)ccn1. The van der Waals surface area contributed by atoms with Crippen molar-refractivity contribution < 1.29 is 13.9 Å². The van der Waals surface area contributed by atoms with Gasteiger partial charge in [-0.25, -0.2) is 9.37 Å². The van der Waals surface area contributed by atoms with Crippen LogP contribution in [0, 0.1) is 5.82 Å². The van der Waals surface area contributed by atoms with Crippen molar-refractivity contribution in [3.05, 3.63) is 54.0 Å². The molecule has 0 spiro atoms. The van der Waals surface area contributed by atoms with Crippen LogP contribution in [0.1, 0.15) is 24.3 Å². The fourth-order valence-corrected chi connectivity index (χ4v) is 3.11. The maximum atomic E-state index is 13.6. The highest BCUT2D eigenvalue weighted by atomic mass is 19.1. The molecule has 2 aromatic rings. The largest absolute Gasteiger partial charge is 0.481 e. The predicted octanol–water partition coefficient (Wildman–Crippen LogP) is 3.05. The molecule has 1 aromatic carbocycles. The smallest absolute Gasteiger partial charge is 0.260 e. The number of nitrogens with one attached hydrogen (secondary N) is 1. The summed E-state index contributed by atoms with van der Waals surface area (Å²) in [5, 5.41) is 3.04. The Bertz CT molecular complexity index is 738. The van der Waals surface area contributed by atoms with Crippen LogP contribution in [-0.2, 0) is 4.79 Å². The zero-order valence-electron chi connectivity index (χ0n) is 14.2. The Morgan fingerprint density at radius 1 is 1.40 bits per heavy atom. The Hall–Kier alpha value is -2.63. The van der Waals surface area contributed by atoms with Gasteiger partial charge >= 0.3 is 0 Å². The van der Waals surface area contributed by atoms with Gasteiger partial charge in [0.25, 0.3) is 5.91 Å². The predicted molar refractivity (Wildman–Crippen MR) is 94.2 cm³/mol. The first kappa shape index (κ1) is 17.2. The first-order chi connectivity index (χ1) is 12.2. The molecule has 3 rings (SSSR count). The fourth-order valence-electron chi connectivity index (χ4n) is 3.11. The van der Waals surface area contributed by atoms with E-state index in [-0.39, 0.29) is 24.2 Å². The topological polar surface area (TPSA) is 54.5 Å². The van der Waals surface area contributed by atoms with Gasteiger partial charge in [0.15, 0.2) is 18.2 Å². The Morgan fingerprint density at radius 3 is 3.04 bits per heavy atom. The minimum absolute atomic E-state index is 0.109. The number of rotatable bonds is 5. The van der Waals surface area contributed by atoms with Crippen molar-refractivity contribution in [2.24, 2.45) is 0 Å². The molecule has 1 aliphatic heterocycles. The van der Waals surface area contributed by atoms with E-state index in [1.54, 1.807) is 23.2 Å². The van der Waals surface area contributed by atoms with Crippen molar-refractivity contribution in [1.29, 1.82) is 0 Å². The zero-order chi connectivity index (χ0) is 17.6. The van der Waals surface area contributed by atoms with Gasteiger partial charge in [-0.1, -0.05) is 12.1 Å². The second-order valence-electron chi connectivity index (χ2n) is 6.12. The van der Waals surface area contributed by atoms with E-state index in [0.29, 0.717) is 13.1 Å². The molecule has 1 fully saturated rings. The van der Waals surface area contributed by atoms with Crippen molar-refractivity contribution in [2.45, 2.75) is 18.8 Å². The number of likely N-dealkylation sites (tertiary alicyclic amines) is 1. The number of pyridine rings is 1. The number of aromatic nitrogens is 1. The summed E-state index contributed by atoms with van der Waals surface area (Å²) in [6, 6.07) is 10.1. The summed E-state index contributed by atoms with van der Waals surface area (Å²) in [7, 11) is 1.84. The highest BCUT2D eigenvalue weighted by Crippen LogP contribution is 2.28. The van der Waals surface area contributed by atoms with Gasteiger partial charge in [-0.3, -0.25) is 4.79 Å². The molecule has 0 aliphatic carbocycles. The summed E-state index contributed by atoms with van der Waals surface area (Å²) in [5.41, 5.74) is 1.17. The number of piperidine rings is 1. The molecule has 1 aromatic heterocycles. The number of carbonyl (C=O) groups excluding carboxylic acids is 1. The van der Waals surface area contributed by atoms with Crippen molar-refractivity contribution in [3.8, 4) is 5.75 Å². The average molecular weight is 343 g/mol. The minimum Gasteiger partial charge on any atom is -0.481 e. The molecule has 1 saturated heterocycles. The first-order valence-corrected chi connectivity index (χ1v) is 8.46. The zero-order valence-corrected chi connectivity index (χ0v) is 14.2. The molecule has 1 atom stereocenters. The van der Waals surface area contributed by atoms with E-state index in [9.17, 15) is 9.18 Å². The van der Waals surface area contributed by atoms with Crippen LogP contribution in [0.4, 0.5) is 10.2 Å². The van der Waals surface area contributed by atoms with E-state index in [4.69, 9.17) is 4.74 Å². The number of anilines is 1. The molecule has 1 N–H and O–H groups in total. The van der Waals surface area contributed by atoms with Gasteiger partial charge in [0.2, 0.25) is 0 Å². The number of halogens is 1. The van der Waals surface area contributed by atoms with Gasteiger partial charge in [0.1, 0.15) is 5.82 Å². The maximum absolute atomic E-state index is 13.6. The molecule has 25 heavy (non-hydrogen) atoms. The fraction of sp³-hybridized carbons (Fsp3) is 0.368. The third-order valence-electron chi connectivity index (χ3n) is 4.47. The minimum atomic E-state index is -0.455. The first-order valence-electron chi connectivity index (χ1n) is 8.46. The molecule has 2 heterocycles. The van der Waals surface area contributed by atoms with E-state index in [1.165, 1.54) is 17.7 Å². The van der Waals surface area contributed by atoms with Gasteiger partial charge in [-0.2, -0.15) is 0 Å². The number of amides is 1. The molecule has 132 valence electrons. The molecule has 0 radical (unpaired) electrons. The summed E-state index contributed by atoms with van der Waals surface area (Å²) in [5.74, 6) is 0.640. The molecule has 1 amide bonds. The number of para-hydroxylation sites is 1. The average Bonchev–Trinajstić information content (AvgIpc) is 2.67. The van der Waals surface area contributed by atoms with Crippen molar-refractivity contribution >= 4 is 11.7 Å². The summed E-state index contributed by atoms with van der Waals surface area (Å²) < 4.78 is 18.9. The normalized spacial score (nSPS) is 17.2. The van der Waals surface area contributed by atoms with E-state index in [1.807, 2.05) is 19.2 Å². The third kappa shape index (κ3) is 4.26. The van der Waals surface area contributed by atoms with Crippen LogP contribution < -0.4 is 10.1 Å². The quantitative estimate of drug-likeness (QED) is 0.907. The van der Waals surface area contributed by atoms with E-state index in [0.717, 1.165) is 18.7 Å². The van der Waals surface area contributed by atoms with Crippen LogP contribution in [0.15, 0.2) is 42.6 Å². The number of ether oxygens (including phenoxy) is 1. The molecular weight excluding hydrogens is 321 g/mol. The van der Waals surface area contributed by atoms with Gasteiger partial charge < -0.3 is 15.0 Å². The molecule has 1 aliphatic rings. The molecule has 5 nitrogen and oxygen atoms in total. The van der Waals surface area contributed by atoms with Gasteiger partial charge in [0, 0.05) is 32.3 Å². The van der Waals surface area contributed by atoms with Crippen LogP contribution in [0.3, 0.4) is 0 Å². The second-order valence-corrected chi connectivity index (χ2v) is 6.12. The van der Waals surface area contributed by atoms with Crippen LogP contribution in [0.25, 0.3) is 0 Å². The Balaban J connectivity index is 1.60. The van der Waals surface area contributed by atoms with E-state index >= 15 is 0 Å². The van der Waals surface area contributed by atoms with E-state index < -0.39 is 5.82 Å². The number of hydrogen-bond acceptors (Lipinski definition) is 4. The van der Waals surface area contributed by atoms with Gasteiger partial charge in [-0.15, -0.1) is 0 Å². The Morgan fingerprint density at radius 2 is 2.24 bits per heavy atom. The van der Waals surface area contributed by atoms with Crippen LogP contribution in [0.2, 0.25) is 0 Å². The number of hydrogen-bond donors (Lipinski definition) is 1. The number of benzene rings is 1.